The maximum Gasteiger partial charge on any atom is 0.254 e. The molecule has 1 unspecified atom stereocenters. The highest BCUT2D eigenvalue weighted by Crippen LogP contribution is 2.23. The Labute approximate surface area is 155 Å². The van der Waals surface area contributed by atoms with Gasteiger partial charge in [0.1, 0.15) is 5.82 Å². The standard InChI is InChI=1S/C20H19FN4O2/c1-13-12-24(8-9-25(13)15-4-6-22-7-5-15)20(27)17-11-19(26)23-18-3-2-14(21)10-16(17)18/h2-7,10-11,13H,8-9,12H2,1H3,(H,23,26). The molecule has 3 heterocycles. The first-order valence-corrected chi connectivity index (χ1v) is 8.81. The first-order valence-electron chi connectivity index (χ1n) is 8.81. The second-order valence-corrected chi connectivity index (χ2v) is 6.74. The molecular formula is C20H19FN4O2. The molecule has 0 aliphatic carbocycles. The first-order chi connectivity index (χ1) is 13.0. The molecule has 1 aliphatic heterocycles. The van der Waals surface area contributed by atoms with Gasteiger partial charge >= 0.3 is 0 Å². The lowest BCUT2D eigenvalue weighted by Crippen LogP contribution is -2.53. The topological polar surface area (TPSA) is 69.3 Å². The maximum absolute atomic E-state index is 13.7. The Morgan fingerprint density at radius 1 is 1.19 bits per heavy atom. The summed E-state index contributed by atoms with van der Waals surface area (Å²) in [7, 11) is 0. The van der Waals surface area contributed by atoms with Gasteiger partial charge in [0.15, 0.2) is 0 Å². The predicted octanol–water partition coefficient (Wildman–Crippen LogP) is 2.41. The van der Waals surface area contributed by atoms with E-state index >= 15 is 0 Å². The van der Waals surface area contributed by atoms with Gasteiger partial charge in [-0.1, -0.05) is 0 Å². The molecule has 1 N–H and O–H groups in total. The number of anilines is 1. The molecule has 2 aromatic heterocycles. The zero-order chi connectivity index (χ0) is 19.0. The molecule has 3 aromatic rings. The molecule has 1 amide bonds. The average Bonchev–Trinajstić information content (AvgIpc) is 2.67. The summed E-state index contributed by atoms with van der Waals surface area (Å²) in [5.74, 6) is -0.697. The van der Waals surface area contributed by atoms with Gasteiger partial charge in [0.25, 0.3) is 5.91 Å². The number of benzene rings is 1. The zero-order valence-corrected chi connectivity index (χ0v) is 14.9. The third-order valence-corrected chi connectivity index (χ3v) is 4.94. The van der Waals surface area contributed by atoms with Crippen LogP contribution in [-0.4, -0.2) is 46.5 Å². The second kappa shape index (κ2) is 6.83. The van der Waals surface area contributed by atoms with E-state index in [2.05, 4.69) is 21.8 Å². The van der Waals surface area contributed by atoms with Crippen molar-refractivity contribution in [2.45, 2.75) is 13.0 Å². The van der Waals surface area contributed by atoms with E-state index in [9.17, 15) is 14.0 Å². The van der Waals surface area contributed by atoms with E-state index in [1.165, 1.54) is 24.3 Å². The van der Waals surface area contributed by atoms with Gasteiger partial charge in [-0.2, -0.15) is 0 Å². The summed E-state index contributed by atoms with van der Waals surface area (Å²) in [6.45, 7) is 3.77. The lowest BCUT2D eigenvalue weighted by atomic mass is 10.1. The number of nitrogens with one attached hydrogen (secondary N) is 1. The minimum Gasteiger partial charge on any atom is -0.365 e. The van der Waals surface area contributed by atoms with Crippen LogP contribution in [0.2, 0.25) is 0 Å². The van der Waals surface area contributed by atoms with Crippen molar-refractivity contribution in [2.75, 3.05) is 24.5 Å². The Hall–Kier alpha value is -3.22. The predicted molar refractivity (Wildman–Crippen MR) is 101 cm³/mol. The fourth-order valence-electron chi connectivity index (χ4n) is 3.63. The van der Waals surface area contributed by atoms with E-state index in [-0.39, 0.29) is 23.1 Å². The minimum atomic E-state index is -0.445. The van der Waals surface area contributed by atoms with E-state index in [1.807, 2.05) is 12.1 Å². The molecule has 27 heavy (non-hydrogen) atoms. The summed E-state index contributed by atoms with van der Waals surface area (Å²) in [5, 5.41) is 0.420. The number of aromatic nitrogens is 2. The van der Waals surface area contributed by atoms with Gasteiger partial charge in [-0.25, -0.2) is 4.39 Å². The minimum absolute atomic E-state index is 0.107. The highest BCUT2D eigenvalue weighted by molar-refractivity contribution is 6.06. The number of piperazine rings is 1. The summed E-state index contributed by atoms with van der Waals surface area (Å²) < 4.78 is 13.7. The van der Waals surface area contributed by atoms with Crippen LogP contribution < -0.4 is 10.5 Å². The van der Waals surface area contributed by atoms with Crippen LogP contribution in [0.4, 0.5) is 10.1 Å². The van der Waals surface area contributed by atoms with Gasteiger partial charge < -0.3 is 14.8 Å². The van der Waals surface area contributed by atoms with E-state index in [4.69, 9.17) is 0 Å². The molecule has 0 bridgehead atoms. The van der Waals surface area contributed by atoms with Gasteiger partial charge in [-0.3, -0.25) is 14.6 Å². The fourth-order valence-corrected chi connectivity index (χ4v) is 3.63. The van der Waals surface area contributed by atoms with Crippen molar-refractivity contribution in [3.63, 3.8) is 0 Å². The third kappa shape index (κ3) is 3.28. The van der Waals surface area contributed by atoms with Crippen LogP contribution in [0.3, 0.4) is 0 Å². The number of H-pyrrole nitrogens is 1. The molecule has 6 nitrogen and oxygen atoms in total. The van der Waals surface area contributed by atoms with Crippen LogP contribution in [0.25, 0.3) is 10.9 Å². The third-order valence-electron chi connectivity index (χ3n) is 4.94. The number of nitrogens with zero attached hydrogens (tertiary/aromatic N) is 3. The number of hydrogen-bond acceptors (Lipinski definition) is 4. The Bertz CT molecular complexity index is 1050. The molecule has 1 fully saturated rings. The largest absolute Gasteiger partial charge is 0.365 e. The molecule has 0 saturated carbocycles. The Balaban J connectivity index is 1.62. The molecule has 1 saturated heterocycles. The van der Waals surface area contributed by atoms with Gasteiger partial charge in [0.2, 0.25) is 5.56 Å². The molecule has 138 valence electrons. The van der Waals surface area contributed by atoms with Crippen molar-refractivity contribution >= 4 is 22.5 Å². The van der Waals surface area contributed by atoms with Gasteiger partial charge in [-0.15, -0.1) is 0 Å². The number of aromatic amines is 1. The summed E-state index contributed by atoms with van der Waals surface area (Å²) in [6, 6.07) is 9.28. The lowest BCUT2D eigenvalue weighted by molar-refractivity contribution is 0.0728. The molecule has 0 spiro atoms. The first kappa shape index (κ1) is 17.2. The number of amides is 1. The molecule has 1 aromatic carbocycles. The van der Waals surface area contributed by atoms with Crippen molar-refractivity contribution in [3.05, 3.63) is 70.5 Å². The van der Waals surface area contributed by atoms with Crippen molar-refractivity contribution in [2.24, 2.45) is 0 Å². The van der Waals surface area contributed by atoms with E-state index in [1.54, 1.807) is 17.3 Å². The van der Waals surface area contributed by atoms with E-state index in [0.717, 1.165) is 5.69 Å². The highest BCUT2D eigenvalue weighted by atomic mass is 19.1. The van der Waals surface area contributed by atoms with Gasteiger partial charge in [0, 0.05) is 60.7 Å². The molecule has 1 atom stereocenters. The normalized spacial score (nSPS) is 17.3. The van der Waals surface area contributed by atoms with Crippen LogP contribution in [0.5, 0.6) is 0 Å². The number of carbonyl (C=O) groups excluding carboxylic acids is 1. The van der Waals surface area contributed by atoms with Crippen molar-refractivity contribution in [3.8, 4) is 0 Å². The average molecular weight is 366 g/mol. The zero-order valence-electron chi connectivity index (χ0n) is 14.9. The monoisotopic (exact) mass is 366 g/mol. The Morgan fingerprint density at radius 2 is 1.96 bits per heavy atom. The van der Waals surface area contributed by atoms with E-state index < -0.39 is 5.82 Å². The van der Waals surface area contributed by atoms with Gasteiger partial charge in [-0.05, 0) is 37.3 Å². The summed E-state index contributed by atoms with van der Waals surface area (Å²) in [6.07, 6.45) is 3.49. The Morgan fingerprint density at radius 3 is 2.70 bits per heavy atom. The number of fused-ring (bicyclic) bond motifs is 1. The highest BCUT2D eigenvalue weighted by Gasteiger charge is 2.28. The van der Waals surface area contributed by atoms with Crippen LogP contribution in [0.1, 0.15) is 17.3 Å². The second-order valence-electron chi connectivity index (χ2n) is 6.74. The molecule has 0 radical (unpaired) electrons. The molecule has 1 aliphatic rings. The molecule has 4 rings (SSSR count). The Kier molecular flexibility index (Phi) is 4.35. The fraction of sp³-hybridized carbons (Fsp3) is 0.250. The van der Waals surface area contributed by atoms with Crippen molar-refractivity contribution < 1.29 is 9.18 Å². The number of pyridine rings is 2. The van der Waals surface area contributed by atoms with Crippen LogP contribution >= 0.6 is 0 Å². The summed E-state index contributed by atoms with van der Waals surface area (Å²) in [5.41, 5.74) is 1.38. The van der Waals surface area contributed by atoms with Crippen molar-refractivity contribution in [1.82, 2.24) is 14.9 Å². The molecule has 7 heteroatoms. The maximum atomic E-state index is 13.7. The van der Waals surface area contributed by atoms with Gasteiger partial charge in [0.05, 0.1) is 5.56 Å². The molecular weight excluding hydrogens is 347 g/mol. The number of halogens is 1. The van der Waals surface area contributed by atoms with Crippen LogP contribution in [0, 0.1) is 5.82 Å². The number of carbonyl (C=O) groups is 1. The summed E-state index contributed by atoms with van der Waals surface area (Å²) >= 11 is 0. The number of hydrogen-bond donors (Lipinski definition) is 1. The number of rotatable bonds is 2. The summed E-state index contributed by atoms with van der Waals surface area (Å²) in [4.78, 5) is 35.7. The lowest BCUT2D eigenvalue weighted by Gasteiger charge is -2.41. The van der Waals surface area contributed by atoms with Crippen LogP contribution in [-0.2, 0) is 0 Å². The quantitative estimate of drug-likeness (QED) is 0.756. The SMILES string of the molecule is CC1CN(C(=O)c2cc(=O)[nH]c3ccc(F)cc23)CCN1c1ccncc1. The van der Waals surface area contributed by atoms with E-state index in [0.29, 0.717) is 30.5 Å². The van der Waals surface area contributed by atoms with Crippen molar-refractivity contribution in [1.29, 1.82) is 0 Å². The smallest absolute Gasteiger partial charge is 0.254 e. The van der Waals surface area contributed by atoms with Crippen LogP contribution in [0.15, 0.2) is 53.6 Å².